The second-order valence-electron chi connectivity index (χ2n) is 4.88. The third-order valence-electron chi connectivity index (χ3n) is 3.30. The molecule has 20 heavy (non-hydrogen) atoms. The monoisotopic (exact) mass is 341 g/mol. The number of hydrogen-bond acceptors (Lipinski definition) is 4. The van der Waals surface area contributed by atoms with Crippen LogP contribution < -0.4 is 10.6 Å². The van der Waals surface area contributed by atoms with Crippen molar-refractivity contribution in [1.82, 2.24) is 5.32 Å². The van der Waals surface area contributed by atoms with Crippen LogP contribution in [0.5, 0.6) is 0 Å². The Kier molecular flexibility index (Phi) is 5.08. The first-order chi connectivity index (χ1) is 9.56. The van der Waals surface area contributed by atoms with E-state index in [0.717, 1.165) is 25.9 Å². The molecule has 7 heteroatoms. The zero-order valence-corrected chi connectivity index (χ0v) is 12.5. The van der Waals surface area contributed by atoms with E-state index in [1.165, 1.54) is 6.07 Å². The van der Waals surface area contributed by atoms with Crippen molar-refractivity contribution < 1.29 is 9.72 Å². The van der Waals surface area contributed by atoms with E-state index < -0.39 is 4.92 Å². The molecule has 0 radical (unpaired) electrons. The molecule has 1 atom stereocenters. The number of amides is 1. The summed E-state index contributed by atoms with van der Waals surface area (Å²) in [7, 11) is 0. The van der Waals surface area contributed by atoms with E-state index in [2.05, 4.69) is 26.6 Å². The molecule has 0 aliphatic carbocycles. The summed E-state index contributed by atoms with van der Waals surface area (Å²) in [6, 6.07) is 4.60. The Morgan fingerprint density at radius 1 is 1.55 bits per heavy atom. The summed E-state index contributed by atoms with van der Waals surface area (Å²) < 4.78 is 0.610. The van der Waals surface area contributed by atoms with Crippen molar-refractivity contribution in [2.24, 2.45) is 5.92 Å². The summed E-state index contributed by atoms with van der Waals surface area (Å²) in [4.78, 5) is 22.4. The first-order valence-corrected chi connectivity index (χ1v) is 7.30. The number of benzene rings is 1. The van der Waals surface area contributed by atoms with E-state index in [9.17, 15) is 14.9 Å². The quantitative estimate of drug-likeness (QED) is 0.651. The number of halogens is 1. The molecule has 0 bridgehead atoms. The van der Waals surface area contributed by atoms with Crippen molar-refractivity contribution in [3.8, 4) is 0 Å². The van der Waals surface area contributed by atoms with Crippen molar-refractivity contribution >= 4 is 33.2 Å². The summed E-state index contributed by atoms with van der Waals surface area (Å²) in [6.07, 6.45) is 2.47. The number of carbonyl (C=O) groups is 1. The maximum atomic E-state index is 12.0. The largest absolute Gasteiger partial charge is 0.320 e. The molecule has 0 saturated carbocycles. The number of rotatable bonds is 4. The van der Waals surface area contributed by atoms with Crippen LogP contribution in [0.4, 0.5) is 11.4 Å². The number of nitrogens with zero attached hydrogens (tertiary/aromatic N) is 1. The average Bonchev–Trinajstić information content (AvgIpc) is 2.41. The van der Waals surface area contributed by atoms with Crippen LogP contribution in [-0.2, 0) is 4.79 Å². The molecule has 0 aromatic heterocycles. The predicted molar refractivity (Wildman–Crippen MR) is 79.6 cm³/mol. The third kappa shape index (κ3) is 4.01. The molecule has 1 aromatic carbocycles. The molecular weight excluding hydrogens is 326 g/mol. The number of piperidine rings is 1. The van der Waals surface area contributed by atoms with Crippen LogP contribution >= 0.6 is 15.9 Å². The fourth-order valence-corrected chi connectivity index (χ4v) is 2.67. The molecule has 1 unspecified atom stereocenters. The highest BCUT2D eigenvalue weighted by Gasteiger charge is 2.20. The number of nitro benzene ring substituents is 1. The van der Waals surface area contributed by atoms with Gasteiger partial charge in [-0.1, -0.05) is 15.9 Å². The maximum Gasteiger partial charge on any atom is 0.293 e. The van der Waals surface area contributed by atoms with Gasteiger partial charge in [0.1, 0.15) is 5.69 Å². The lowest BCUT2D eigenvalue weighted by Crippen LogP contribution is -2.32. The van der Waals surface area contributed by atoms with Gasteiger partial charge in [0.2, 0.25) is 5.91 Å². The van der Waals surface area contributed by atoms with Gasteiger partial charge in [0.05, 0.1) is 4.92 Å². The Morgan fingerprint density at radius 2 is 2.35 bits per heavy atom. The normalized spacial score (nSPS) is 18.6. The average molecular weight is 342 g/mol. The molecule has 1 heterocycles. The molecule has 6 nitrogen and oxygen atoms in total. The van der Waals surface area contributed by atoms with Gasteiger partial charge < -0.3 is 10.6 Å². The summed E-state index contributed by atoms with van der Waals surface area (Å²) in [6.45, 7) is 1.83. The molecule has 1 aromatic rings. The Bertz CT molecular complexity index is 516. The minimum Gasteiger partial charge on any atom is -0.320 e. The Labute approximate surface area is 125 Å². The SMILES string of the molecule is O=C(CC1CCCNC1)Nc1ccc(Br)cc1[N+](=O)[O-]. The van der Waals surface area contributed by atoms with Gasteiger partial charge in [-0.05, 0) is 44.0 Å². The Morgan fingerprint density at radius 3 is 3.00 bits per heavy atom. The molecule has 1 amide bonds. The smallest absolute Gasteiger partial charge is 0.293 e. The van der Waals surface area contributed by atoms with Crippen LogP contribution in [0, 0.1) is 16.0 Å². The summed E-state index contributed by atoms with van der Waals surface area (Å²) in [5.74, 6) is 0.127. The number of carbonyl (C=O) groups excluding carboxylic acids is 1. The standard InChI is InChI=1S/C13H16BrN3O3/c14-10-3-4-11(12(7-10)17(19)20)16-13(18)6-9-2-1-5-15-8-9/h3-4,7,9,15H,1-2,5-6,8H2,(H,16,18). The van der Waals surface area contributed by atoms with Gasteiger partial charge >= 0.3 is 0 Å². The Hall–Kier alpha value is -1.47. The van der Waals surface area contributed by atoms with Gasteiger partial charge in [0, 0.05) is 17.0 Å². The fraction of sp³-hybridized carbons (Fsp3) is 0.462. The van der Waals surface area contributed by atoms with Crippen molar-refractivity contribution in [2.75, 3.05) is 18.4 Å². The van der Waals surface area contributed by atoms with Gasteiger partial charge in [-0.2, -0.15) is 0 Å². The van der Waals surface area contributed by atoms with E-state index in [1.54, 1.807) is 12.1 Å². The number of nitrogens with one attached hydrogen (secondary N) is 2. The van der Waals surface area contributed by atoms with Gasteiger partial charge in [-0.15, -0.1) is 0 Å². The lowest BCUT2D eigenvalue weighted by atomic mass is 9.96. The number of hydrogen-bond donors (Lipinski definition) is 2. The molecule has 2 N–H and O–H groups in total. The number of nitro groups is 1. The molecule has 0 spiro atoms. The highest BCUT2D eigenvalue weighted by atomic mass is 79.9. The molecule has 1 saturated heterocycles. The molecular formula is C13H16BrN3O3. The van der Waals surface area contributed by atoms with Gasteiger partial charge in [0.25, 0.3) is 5.69 Å². The van der Waals surface area contributed by atoms with Crippen molar-refractivity contribution in [3.63, 3.8) is 0 Å². The van der Waals surface area contributed by atoms with Crippen LogP contribution in [0.2, 0.25) is 0 Å². The number of anilines is 1. The van der Waals surface area contributed by atoms with E-state index >= 15 is 0 Å². The summed E-state index contributed by atoms with van der Waals surface area (Å²) >= 11 is 3.19. The van der Waals surface area contributed by atoms with Gasteiger partial charge in [-0.25, -0.2) is 0 Å². The fourth-order valence-electron chi connectivity index (χ4n) is 2.32. The van der Waals surface area contributed by atoms with E-state index in [4.69, 9.17) is 0 Å². The van der Waals surface area contributed by atoms with Gasteiger partial charge in [0.15, 0.2) is 0 Å². The highest BCUT2D eigenvalue weighted by molar-refractivity contribution is 9.10. The van der Waals surface area contributed by atoms with Crippen molar-refractivity contribution in [3.05, 3.63) is 32.8 Å². The van der Waals surface area contributed by atoms with E-state index in [-0.39, 0.29) is 17.3 Å². The van der Waals surface area contributed by atoms with Crippen LogP contribution in [-0.4, -0.2) is 23.9 Å². The molecule has 108 valence electrons. The van der Waals surface area contributed by atoms with Crippen LogP contribution in [0.25, 0.3) is 0 Å². The molecule has 1 aliphatic heterocycles. The van der Waals surface area contributed by atoms with Crippen molar-refractivity contribution in [2.45, 2.75) is 19.3 Å². The minimum atomic E-state index is -0.497. The molecule has 2 rings (SSSR count). The van der Waals surface area contributed by atoms with Crippen molar-refractivity contribution in [1.29, 1.82) is 0 Å². The third-order valence-corrected chi connectivity index (χ3v) is 3.80. The van der Waals surface area contributed by atoms with Crippen LogP contribution in [0.3, 0.4) is 0 Å². The second-order valence-corrected chi connectivity index (χ2v) is 5.80. The summed E-state index contributed by atoms with van der Waals surface area (Å²) in [5, 5.41) is 16.9. The highest BCUT2D eigenvalue weighted by Crippen LogP contribution is 2.28. The second kappa shape index (κ2) is 6.81. The maximum absolute atomic E-state index is 12.0. The van der Waals surface area contributed by atoms with E-state index in [0.29, 0.717) is 16.8 Å². The first-order valence-electron chi connectivity index (χ1n) is 6.51. The summed E-state index contributed by atoms with van der Waals surface area (Å²) in [5.41, 5.74) is 0.140. The lowest BCUT2D eigenvalue weighted by molar-refractivity contribution is -0.384. The lowest BCUT2D eigenvalue weighted by Gasteiger charge is -2.22. The zero-order chi connectivity index (χ0) is 14.5. The minimum absolute atomic E-state index is 0.102. The zero-order valence-electron chi connectivity index (χ0n) is 10.9. The van der Waals surface area contributed by atoms with Gasteiger partial charge in [-0.3, -0.25) is 14.9 Å². The van der Waals surface area contributed by atoms with E-state index in [1.807, 2.05) is 0 Å². The Balaban J connectivity index is 2.01. The predicted octanol–water partition coefficient (Wildman–Crippen LogP) is 2.69. The van der Waals surface area contributed by atoms with Crippen LogP contribution in [0.1, 0.15) is 19.3 Å². The van der Waals surface area contributed by atoms with Crippen LogP contribution in [0.15, 0.2) is 22.7 Å². The molecule has 1 fully saturated rings. The first kappa shape index (κ1) is 14.9. The molecule has 1 aliphatic rings. The topological polar surface area (TPSA) is 84.3 Å².